The van der Waals surface area contributed by atoms with Gasteiger partial charge in [0, 0.05) is 4.47 Å². The van der Waals surface area contributed by atoms with Gasteiger partial charge in [-0.15, -0.1) is 0 Å². The van der Waals surface area contributed by atoms with Gasteiger partial charge in [-0.1, -0.05) is 28.1 Å². The zero-order chi connectivity index (χ0) is 13.8. The van der Waals surface area contributed by atoms with E-state index < -0.39 is 5.97 Å². The van der Waals surface area contributed by atoms with Gasteiger partial charge in [-0.25, -0.2) is 4.79 Å². The molecule has 2 rings (SSSR count). The van der Waals surface area contributed by atoms with Gasteiger partial charge in [0.2, 0.25) is 0 Å². The molecule has 0 unspecified atom stereocenters. The van der Waals surface area contributed by atoms with Crippen LogP contribution in [0.4, 0.5) is 17.1 Å². The highest BCUT2D eigenvalue weighted by Gasteiger charge is 2.11. The van der Waals surface area contributed by atoms with Crippen molar-refractivity contribution in [3.8, 4) is 0 Å². The number of nitrogen functional groups attached to an aromatic ring is 1. The largest absolute Gasteiger partial charge is 0.465 e. The quantitative estimate of drug-likeness (QED) is 0.670. The molecule has 0 radical (unpaired) electrons. The minimum atomic E-state index is -0.390. The van der Waals surface area contributed by atoms with E-state index in [1.54, 1.807) is 24.3 Å². The number of rotatable bonds is 3. The Morgan fingerprint density at radius 2 is 1.95 bits per heavy atom. The molecule has 0 saturated carbocycles. The van der Waals surface area contributed by atoms with Gasteiger partial charge in [-0.2, -0.15) is 0 Å². The van der Waals surface area contributed by atoms with Crippen molar-refractivity contribution in [1.29, 1.82) is 0 Å². The lowest BCUT2D eigenvalue weighted by Crippen LogP contribution is -2.06. The Balaban J connectivity index is 2.35. The Morgan fingerprint density at radius 1 is 1.21 bits per heavy atom. The molecule has 0 heterocycles. The molecular weight excluding hydrogens is 308 g/mol. The van der Waals surface area contributed by atoms with Crippen molar-refractivity contribution >= 4 is 39.0 Å². The third kappa shape index (κ3) is 3.06. The van der Waals surface area contributed by atoms with Crippen LogP contribution >= 0.6 is 15.9 Å². The molecule has 3 N–H and O–H groups in total. The number of hydrogen-bond donors (Lipinski definition) is 2. The number of carbonyl (C=O) groups is 1. The summed E-state index contributed by atoms with van der Waals surface area (Å²) < 4.78 is 5.65. The molecule has 0 aliphatic carbocycles. The van der Waals surface area contributed by atoms with E-state index in [0.717, 1.165) is 10.2 Å². The maximum atomic E-state index is 11.7. The molecule has 0 amide bonds. The third-order valence-corrected chi connectivity index (χ3v) is 3.11. The Morgan fingerprint density at radius 3 is 2.63 bits per heavy atom. The lowest BCUT2D eigenvalue weighted by Gasteiger charge is -2.12. The number of nitrogens with two attached hydrogens (primary N) is 1. The van der Waals surface area contributed by atoms with Crippen molar-refractivity contribution in [2.75, 3.05) is 18.2 Å². The Labute approximate surface area is 119 Å². The van der Waals surface area contributed by atoms with E-state index >= 15 is 0 Å². The number of esters is 1. The number of benzene rings is 2. The van der Waals surface area contributed by atoms with Gasteiger partial charge < -0.3 is 15.8 Å². The lowest BCUT2D eigenvalue weighted by molar-refractivity contribution is 0.0602. The van der Waals surface area contributed by atoms with E-state index in [-0.39, 0.29) is 0 Å². The minimum Gasteiger partial charge on any atom is -0.465 e. The van der Waals surface area contributed by atoms with Crippen molar-refractivity contribution in [2.45, 2.75) is 0 Å². The van der Waals surface area contributed by atoms with E-state index in [4.69, 9.17) is 10.5 Å². The molecule has 0 spiro atoms. The fraction of sp³-hybridized carbons (Fsp3) is 0.0714. The van der Waals surface area contributed by atoms with Crippen molar-refractivity contribution in [2.24, 2.45) is 0 Å². The van der Waals surface area contributed by atoms with Crippen LogP contribution in [0.2, 0.25) is 0 Å². The van der Waals surface area contributed by atoms with E-state index in [2.05, 4.69) is 21.2 Å². The smallest absolute Gasteiger partial charge is 0.339 e. The first kappa shape index (κ1) is 13.4. The number of methoxy groups -OCH3 is 1. The number of halogens is 1. The molecule has 0 aromatic heterocycles. The highest BCUT2D eigenvalue weighted by molar-refractivity contribution is 9.10. The van der Waals surface area contributed by atoms with E-state index in [1.165, 1.54) is 7.11 Å². The lowest BCUT2D eigenvalue weighted by atomic mass is 10.1. The molecular formula is C14H13BrN2O2. The van der Waals surface area contributed by atoms with Gasteiger partial charge in [0.1, 0.15) is 0 Å². The van der Waals surface area contributed by atoms with Crippen LogP contribution in [0.3, 0.4) is 0 Å². The Hall–Kier alpha value is -2.01. The molecule has 2 aromatic carbocycles. The van der Waals surface area contributed by atoms with Gasteiger partial charge in [0.05, 0.1) is 29.7 Å². The van der Waals surface area contributed by atoms with Crippen LogP contribution in [-0.4, -0.2) is 13.1 Å². The van der Waals surface area contributed by atoms with Gasteiger partial charge in [0.15, 0.2) is 0 Å². The maximum absolute atomic E-state index is 11.7. The van der Waals surface area contributed by atoms with Crippen LogP contribution in [0.15, 0.2) is 46.9 Å². The van der Waals surface area contributed by atoms with Crippen LogP contribution < -0.4 is 11.1 Å². The van der Waals surface area contributed by atoms with Gasteiger partial charge in [0.25, 0.3) is 0 Å². The second-order valence-corrected chi connectivity index (χ2v) is 4.81. The van der Waals surface area contributed by atoms with E-state index in [0.29, 0.717) is 16.9 Å². The van der Waals surface area contributed by atoms with E-state index in [1.807, 2.05) is 18.2 Å². The van der Waals surface area contributed by atoms with E-state index in [9.17, 15) is 4.79 Å². The Kier molecular flexibility index (Phi) is 4.06. The SMILES string of the molecule is COC(=O)c1ccccc1Nc1ccc(Br)cc1N. The van der Waals surface area contributed by atoms with Crippen LogP contribution in [-0.2, 0) is 4.74 Å². The highest BCUT2D eigenvalue weighted by atomic mass is 79.9. The molecule has 0 saturated heterocycles. The predicted molar refractivity (Wildman–Crippen MR) is 79.6 cm³/mol. The van der Waals surface area contributed by atoms with Crippen LogP contribution in [0.25, 0.3) is 0 Å². The van der Waals surface area contributed by atoms with Crippen molar-refractivity contribution < 1.29 is 9.53 Å². The number of carbonyl (C=O) groups excluding carboxylic acids is 1. The fourth-order valence-electron chi connectivity index (χ4n) is 1.67. The predicted octanol–water partition coefficient (Wildman–Crippen LogP) is 3.56. The van der Waals surface area contributed by atoms with Gasteiger partial charge in [-0.3, -0.25) is 0 Å². The summed E-state index contributed by atoms with van der Waals surface area (Å²) in [6, 6.07) is 12.6. The van der Waals surface area contributed by atoms with Crippen LogP contribution in [0.5, 0.6) is 0 Å². The number of para-hydroxylation sites is 1. The average Bonchev–Trinajstić information content (AvgIpc) is 2.41. The van der Waals surface area contributed by atoms with Crippen molar-refractivity contribution in [1.82, 2.24) is 0 Å². The minimum absolute atomic E-state index is 0.390. The zero-order valence-electron chi connectivity index (χ0n) is 10.3. The van der Waals surface area contributed by atoms with Gasteiger partial charge in [-0.05, 0) is 30.3 Å². The summed E-state index contributed by atoms with van der Waals surface area (Å²) in [5.41, 5.74) is 8.37. The monoisotopic (exact) mass is 320 g/mol. The number of nitrogens with one attached hydrogen (secondary N) is 1. The first-order valence-corrected chi connectivity index (χ1v) is 6.40. The zero-order valence-corrected chi connectivity index (χ0v) is 11.9. The fourth-order valence-corrected chi connectivity index (χ4v) is 2.05. The summed E-state index contributed by atoms with van der Waals surface area (Å²) in [5, 5.41) is 3.14. The van der Waals surface area contributed by atoms with Crippen LogP contribution in [0, 0.1) is 0 Å². The first-order chi connectivity index (χ1) is 9.11. The third-order valence-electron chi connectivity index (χ3n) is 2.62. The summed E-state index contributed by atoms with van der Waals surface area (Å²) in [6.45, 7) is 0. The number of anilines is 3. The second kappa shape index (κ2) is 5.75. The second-order valence-electron chi connectivity index (χ2n) is 3.89. The molecule has 0 aliphatic rings. The maximum Gasteiger partial charge on any atom is 0.339 e. The molecule has 19 heavy (non-hydrogen) atoms. The summed E-state index contributed by atoms with van der Waals surface area (Å²) in [6.07, 6.45) is 0. The highest BCUT2D eigenvalue weighted by Crippen LogP contribution is 2.28. The van der Waals surface area contributed by atoms with Gasteiger partial charge >= 0.3 is 5.97 Å². The molecule has 0 aliphatic heterocycles. The Bertz CT molecular complexity index is 614. The summed E-state index contributed by atoms with van der Waals surface area (Å²) in [7, 11) is 1.35. The summed E-state index contributed by atoms with van der Waals surface area (Å²) >= 11 is 3.35. The normalized spacial score (nSPS) is 10.0. The first-order valence-electron chi connectivity index (χ1n) is 5.61. The molecule has 98 valence electrons. The standard InChI is InChI=1S/C14H13BrN2O2/c1-19-14(18)10-4-2-3-5-12(10)17-13-7-6-9(15)8-11(13)16/h2-8,17H,16H2,1H3. The number of ether oxygens (including phenoxy) is 1. The molecule has 5 heteroatoms. The average molecular weight is 321 g/mol. The number of hydrogen-bond acceptors (Lipinski definition) is 4. The molecule has 0 atom stereocenters. The topological polar surface area (TPSA) is 64.3 Å². The molecule has 2 aromatic rings. The molecule has 0 bridgehead atoms. The summed E-state index contributed by atoms with van der Waals surface area (Å²) in [5.74, 6) is -0.390. The van der Waals surface area contributed by atoms with Crippen LogP contribution in [0.1, 0.15) is 10.4 Å². The van der Waals surface area contributed by atoms with Crippen molar-refractivity contribution in [3.05, 3.63) is 52.5 Å². The van der Waals surface area contributed by atoms with Crippen molar-refractivity contribution in [3.63, 3.8) is 0 Å². The molecule has 0 fully saturated rings. The molecule has 4 nitrogen and oxygen atoms in total. The summed E-state index contributed by atoms with van der Waals surface area (Å²) in [4.78, 5) is 11.7.